The summed E-state index contributed by atoms with van der Waals surface area (Å²) < 4.78 is 189. The predicted octanol–water partition coefficient (Wildman–Crippen LogP) is 9.25. The number of rotatable bonds is 24. The van der Waals surface area contributed by atoms with Gasteiger partial charge in [0.05, 0.1) is 25.7 Å². The molecule has 0 aliphatic carbocycles. The molecule has 1 atom stereocenters. The van der Waals surface area contributed by atoms with Crippen LogP contribution in [0.4, 0.5) is 57.1 Å². The van der Waals surface area contributed by atoms with Crippen LogP contribution >= 0.6 is 0 Å². The maximum absolute atomic E-state index is 14.3. The molecule has 17 heteroatoms. The number of halogens is 13. The number of hydrogen-bond donors (Lipinski definition) is 0. The molecule has 0 saturated carbocycles. The molecule has 0 spiro atoms. The van der Waals surface area contributed by atoms with Crippen LogP contribution in [0.1, 0.15) is 84.0 Å². The van der Waals surface area contributed by atoms with E-state index < -0.39 is 67.1 Å². The van der Waals surface area contributed by atoms with E-state index >= 15 is 0 Å². The Morgan fingerprint density at radius 2 is 1.05 bits per heavy atom. The second kappa shape index (κ2) is 17.8. The minimum atomic E-state index is -7.96. The molecule has 0 fully saturated rings. The van der Waals surface area contributed by atoms with Crippen LogP contribution < -0.4 is 0 Å². The molecule has 43 heavy (non-hydrogen) atoms. The molecule has 0 rings (SSSR count). The van der Waals surface area contributed by atoms with Crippen LogP contribution in [-0.4, -0.2) is 75.3 Å². The van der Waals surface area contributed by atoms with E-state index in [4.69, 9.17) is 14.2 Å². The quantitative estimate of drug-likeness (QED) is 0.0588. The molecule has 0 heterocycles. The number of carbonyl (C=O) groups is 1. The summed E-state index contributed by atoms with van der Waals surface area (Å²) in [5.41, 5.74) is 0. The van der Waals surface area contributed by atoms with Gasteiger partial charge in [-0.25, -0.2) is 0 Å². The van der Waals surface area contributed by atoms with Gasteiger partial charge in [0.2, 0.25) is 0 Å². The Bertz CT molecular complexity index is 790. The monoisotopic (exact) mass is 662 g/mol. The molecule has 0 amide bonds. The van der Waals surface area contributed by atoms with Crippen molar-refractivity contribution in [3.63, 3.8) is 0 Å². The third-order valence-electron chi connectivity index (χ3n) is 6.70. The lowest BCUT2D eigenvalue weighted by Gasteiger charge is -2.40. The van der Waals surface area contributed by atoms with Crippen molar-refractivity contribution in [2.75, 3.05) is 33.5 Å². The summed E-state index contributed by atoms with van der Waals surface area (Å²) in [6.45, 7) is 1.68. The molecule has 0 aromatic heterocycles. The average molecular weight is 663 g/mol. The van der Waals surface area contributed by atoms with Gasteiger partial charge in [0.15, 0.2) is 0 Å². The molecule has 0 aliphatic rings. The number of alkyl halides is 13. The molecule has 0 aromatic carbocycles. The number of methoxy groups -OCH3 is 1. The van der Waals surface area contributed by atoms with Crippen molar-refractivity contribution in [2.24, 2.45) is 5.92 Å². The lowest BCUT2D eigenvalue weighted by molar-refractivity contribution is -0.440. The fraction of sp³-hybridized carbons (Fsp3) is 0.962. The number of hydrogen-bond acceptors (Lipinski definition) is 4. The lowest BCUT2D eigenvalue weighted by Crippen LogP contribution is -2.70. The normalized spacial score (nSPS) is 14.7. The van der Waals surface area contributed by atoms with Crippen LogP contribution in [0.15, 0.2) is 0 Å². The maximum Gasteiger partial charge on any atom is 0.460 e. The first-order chi connectivity index (χ1) is 19.7. The van der Waals surface area contributed by atoms with E-state index in [1.165, 1.54) is 7.11 Å². The molecule has 1 unspecified atom stereocenters. The highest BCUT2D eigenvalue weighted by atomic mass is 19.4. The van der Waals surface area contributed by atoms with Gasteiger partial charge in [-0.15, -0.1) is 0 Å². The Hall–Kier alpha value is -1.52. The fourth-order valence-electron chi connectivity index (χ4n) is 3.96. The van der Waals surface area contributed by atoms with Crippen molar-refractivity contribution in [3.05, 3.63) is 0 Å². The number of ether oxygens (including phenoxy) is 3. The largest absolute Gasteiger partial charge is 0.463 e. The summed E-state index contributed by atoms with van der Waals surface area (Å²) in [6, 6.07) is 0. The van der Waals surface area contributed by atoms with Crippen LogP contribution in [0.3, 0.4) is 0 Å². The van der Waals surface area contributed by atoms with Gasteiger partial charge in [0.1, 0.15) is 6.61 Å². The molecule has 0 saturated heterocycles. The molecule has 0 N–H and O–H groups in total. The van der Waals surface area contributed by atoms with Crippen LogP contribution in [0.2, 0.25) is 0 Å². The molecular weight excluding hydrogens is 623 g/mol. The van der Waals surface area contributed by atoms with Crippen LogP contribution in [-0.2, 0) is 19.0 Å². The van der Waals surface area contributed by atoms with E-state index in [1.54, 1.807) is 0 Å². The minimum absolute atomic E-state index is 0.0868. The molecular formula is C26H39F13O4. The van der Waals surface area contributed by atoms with E-state index in [1.807, 2.05) is 6.92 Å². The predicted molar refractivity (Wildman–Crippen MR) is 129 cm³/mol. The second-order valence-corrected chi connectivity index (χ2v) is 10.1. The Morgan fingerprint density at radius 1 is 0.581 bits per heavy atom. The summed E-state index contributed by atoms with van der Waals surface area (Å²) in [4.78, 5) is 12.4. The molecule has 0 aromatic rings. The van der Waals surface area contributed by atoms with Crippen LogP contribution in [0.5, 0.6) is 0 Å². The highest BCUT2D eigenvalue weighted by Gasteiger charge is 2.90. The Morgan fingerprint density at radius 3 is 1.53 bits per heavy atom. The smallest absolute Gasteiger partial charge is 0.460 e. The molecule has 0 radical (unpaired) electrons. The summed E-state index contributed by atoms with van der Waals surface area (Å²) >= 11 is 0. The molecule has 258 valence electrons. The van der Waals surface area contributed by atoms with Gasteiger partial charge in [-0.05, 0) is 12.8 Å². The van der Waals surface area contributed by atoms with E-state index in [-0.39, 0.29) is 32.7 Å². The lowest BCUT2D eigenvalue weighted by atomic mass is 9.88. The van der Waals surface area contributed by atoms with Gasteiger partial charge >= 0.3 is 41.8 Å². The standard InChI is InChI=1S/C26H39F13O4/c1-3-4-5-6-7-8-9-10-11-12-19(20(40)43-18-17-42-16-15-41-2)13-14-21(27,28)22(29,30)23(31,32)24(33,34)25(35,36)26(37,38)39/h19H,3-18H2,1-2H3. The Labute approximate surface area is 242 Å². The van der Waals surface area contributed by atoms with Crippen LogP contribution in [0.25, 0.3) is 0 Å². The zero-order valence-electron chi connectivity index (χ0n) is 23.9. The summed E-state index contributed by atoms with van der Waals surface area (Å²) in [5, 5.41) is 0. The van der Waals surface area contributed by atoms with Gasteiger partial charge in [-0.3, -0.25) is 4.79 Å². The van der Waals surface area contributed by atoms with Crippen molar-refractivity contribution in [2.45, 2.75) is 120 Å². The molecule has 0 aliphatic heterocycles. The fourth-order valence-corrected chi connectivity index (χ4v) is 3.96. The highest BCUT2D eigenvalue weighted by Crippen LogP contribution is 2.60. The average Bonchev–Trinajstić information content (AvgIpc) is 2.90. The Balaban J connectivity index is 5.54. The van der Waals surface area contributed by atoms with Gasteiger partial charge in [0, 0.05) is 13.5 Å². The molecule has 0 bridgehead atoms. The third-order valence-corrected chi connectivity index (χ3v) is 6.70. The first-order valence-corrected chi connectivity index (χ1v) is 13.8. The van der Waals surface area contributed by atoms with Gasteiger partial charge in [-0.1, -0.05) is 64.7 Å². The highest BCUT2D eigenvalue weighted by molar-refractivity contribution is 5.72. The third kappa shape index (κ3) is 11.4. The van der Waals surface area contributed by atoms with E-state index in [9.17, 15) is 61.9 Å². The van der Waals surface area contributed by atoms with Gasteiger partial charge in [-0.2, -0.15) is 57.1 Å². The van der Waals surface area contributed by atoms with Crippen molar-refractivity contribution in [1.82, 2.24) is 0 Å². The van der Waals surface area contributed by atoms with E-state index in [0.29, 0.717) is 12.8 Å². The van der Waals surface area contributed by atoms with Gasteiger partial charge in [0.25, 0.3) is 0 Å². The van der Waals surface area contributed by atoms with Crippen LogP contribution in [0, 0.1) is 5.92 Å². The second-order valence-electron chi connectivity index (χ2n) is 10.1. The van der Waals surface area contributed by atoms with Crippen molar-refractivity contribution in [1.29, 1.82) is 0 Å². The topological polar surface area (TPSA) is 44.8 Å². The van der Waals surface area contributed by atoms with Crippen molar-refractivity contribution >= 4 is 5.97 Å². The van der Waals surface area contributed by atoms with E-state index in [0.717, 1.165) is 38.5 Å². The Kier molecular flexibility index (Phi) is 17.2. The zero-order valence-corrected chi connectivity index (χ0v) is 23.9. The summed E-state index contributed by atoms with van der Waals surface area (Å²) in [6.07, 6.45) is -4.38. The van der Waals surface area contributed by atoms with Gasteiger partial charge < -0.3 is 14.2 Å². The van der Waals surface area contributed by atoms with E-state index in [2.05, 4.69) is 0 Å². The number of esters is 1. The maximum atomic E-state index is 14.3. The molecule has 4 nitrogen and oxygen atoms in total. The number of unbranched alkanes of at least 4 members (excludes halogenated alkanes) is 8. The summed E-state index contributed by atoms with van der Waals surface area (Å²) in [7, 11) is 1.37. The number of carbonyl (C=O) groups excluding carboxylic acids is 1. The summed E-state index contributed by atoms with van der Waals surface area (Å²) in [5.74, 6) is -40.1. The zero-order chi connectivity index (χ0) is 33.6. The minimum Gasteiger partial charge on any atom is -0.463 e. The van der Waals surface area contributed by atoms with Crippen molar-refractivity contribution < 1.29 is 76.1 Å². The first kappa shape index (κ1) is 41.5. The van der Waals surface area contributed by atoms with Crippen molar-refractivity contribution in [3.8, 4) is 0 Å². The SMILES string of the molecule is CCCCCCCCCCCC(CCC(F)(F)C(F)(F)C(F)(F)C(F)(F)C(F)(F)C(F)(F)F)C(=O)OCCOCCOC. The first-order valence-electron chi connectivity index (χ1n) is 13.8.